The lowest BCUT2D eigenvalue weighted by Gasteiger charge is -2.39. The Labute approximate surface area is 217 Å². The Balaban J connectivity index is 1.64. The van der Waals surface area contributed by atoms with E-state index in [2.05, 4.69) is 54.1 Å². The van der Waals surface area contributed by atoms with Gasteiger partial charge in [-0.25, -0.2) is 10.0 Å². The number of fused-ring (bicyclic) bond motifs is 1. The Morgan fingerprint density at radius 1 is 1.30 bits per heavy atom. The summed E-state index contributed by atoms with van der Waals surface area (Å²) in [6.07, 6.45) is -0.0530. The number of carbonyl (C=O) groups excluding carboxylic acids is 1. The van der Waals surface area contributed by atoms with Crippen LogP contribution in [0.3, 0.4) is 0 Å². The summed E-state index contributed by atoms with van der Waals surface area (Å²) in [4.78, 5) is 42.7. The molecule has 2 N–H and O–H groups in total. The van der Waals surface area contributed by atoms with Crippen LogP contribution in [-0.2, 0) is 25.3 Å². The number of nitrogens with one attached hydrogen (secondary N) is 2. The van der Waals surface area contributed by atoms with Crippen LogP contribution in [0.1, 0.15) is 39.0 Å². The molecule has 0 saturated carbocycles. The van der Waals surface area contributed by atoms with Gasteiger partial charge in [0.25, 0.3) is 11.5 Å². The normalized spacial score (nSPS) is 20.4. The monoisotopic (exact) mass is 528 g/mol. The lowest BCUT2D eigenvalue weighted by atomic mass is 10.1. The molecule has 3 aromatic rings. The maximum Gasteiger partial charge on any atom is 0.280 e. The summed E-state index contributed by atoms with van der Waals surface area (Å²) in [7, 11) is 0.742. The summed E-state index contributed by atoms with van der Waals surface area (Å²) in [5.41, 5.74) is 1.24. The largest absolute Gasteiger partial charge is 0.411 e. The number of rotatable bonds is 8. The number of carbonyl (C=O) groups is 1. The topological polar surface area (TPSA) is 124 Å². The fourth-order valence-electron chi connectivity index (χ4n) is 3.97. The quantitative estimate of drug-likeness (QED) is 0.337. The number of amides is 1. The Morgan fingerprint density at radius 3 is 2.65 bits per heavy atom. The van der Waals surface area contributed by atoms with E-state index in [-0.39, 0.29) is 22.0 Å². The molecule has 3 heterocycles. The van der Waals surface area contributed by atoms with Gasteiger partial charge in [0.05, 0.1) is 19.5 Å². The first kappa shape index (κ1) is 27.0. The van der Waals surface area contributed by atoms with Crippen molar-refractivity contribution in [1.82, 2.24) is 24.6 Å². The highest BCUT2D eigenvalue weighted by Crippen LogP contribution is 2.41. The molecule has 0 bridgehead atoms. The maximum absolute atomic E-state index is 13.1. The molecule has 0 radical (unpaired) electrons. The number of nitrogens with zero attached hydrogens (tertiary/aromatic N) is 4. The number of likely N-dealkylation sites (N-methyl/N-ethyl adjacent to an activating group) is 1. The number of imidazole rings is 1. The molecule has 0 unspecified atom stereocenters. The third-order valence-electron chi connectivity index (χ3n) is 7.20. The highest BCUT2D eigenvalue weighted by Gasteiger charge is 2.48. The Bertz CT molecular complexity index is 1300. The molecule has 4 rings (SSSR count). The van der Waals surface area contributed by atoms with Crippen LogP contribution in [-0.4, -0.2) is 65.2 Å². The zero-order valence-corrected chi connectivity index (χ0v) is 23.4. The van der Waals surface area contributed by atoms with Crippen molar-refractivity contribution < 1.29 is 18.8 Å². The molecule has 1 saturated heterocycles. The van der Waals surface area contributed by atoms with Crippen molar-refractivity contribution in [1.29, 1.82) is 0 Å². The molecule has 1 amide bonds. The molecule has 1 aliphatic heterocycles. The van der Waals surface area contributed by atoms with Crippen molar-refractivity contribution >= 4 is 31.3 Å². The van der Waals surface area contributed by atoms with Gasteiger partial charge in [0.15, 0.2) is 25.6 Å². The molecular weight excluding hydrogens is 492 g/mol. The van der Waals surface area contributed by atoms with E-state index in [9.17, 15) is 9.59 Å². The SMILES string of the molecule is CON(C)C(=O)[C@H]1O[C@@H](n2cnc3c(=O)[nH]c(NCc4ccccc4)nc32)C[C@@H]1O[Si](C)(C)C(C)(C)C. The molecule has 200 valence electrons. The van der Waals surface area contributed by atoms with E-state index in [1.165, 1.54) is 13.4 Å². The van der Waals surface area contributed by atoms with E-state index in [4.69, 9.17) is 14.0 Å². The van der Waals surface area contributed by atoms with Gasteiger partial charge in [-0.3, -0.25) is 24.0 Å². The number of hydrogen-bond acceptors (Lipinski definition) is 8. The molecular formula is C25H36N6O5Si. The molecule has 1 aliphatic rings. The molecule has 0 aliphatic carbocycles. The van der Waals surface area contributed by atoms with Crippen molar-refractivity contribution in [2.45, 2.75) is 70.3 Å². The van der Waals surface area contributed by atoms with E-state index < -0.39 is 26.8 Å². The molecule has 1 aromatic carbocycles. The molecule has 11 nitrogen and oxygen atoms in total. The van der Waals surface area contributed by atoms with Gasteiger partial charge in [0.1, 0.15) is 6.23 Å². The molecule has 37 heavy (non-hydrogen) atoms. The van der Waals surface area contributed by atoms with E-state index >= 15 is 0 Å². The van der Waals surface area contributed by atoms with Crippen LogP contribution < -0.4 is 10.9 Å². The number of benzene rings is 1. The van der Waals surface area contributed by atoms with Gasteiger partial charge < -0.3 is 14.5 Å². The Morgan fingerprint density at radius 2 is 2.00 bits per heavy atom. The summed E-state index contributed by atoms with van der Waals surface area (Å²) in [6.45, 7) is 11.2. The molecule has 1 fully saturated rings. The molecule has 2 aromatic heterocycles. The number of H-pyrrole nitrogens is 1. The maximum atomic E-state index is 13.1. The number of aromatic nitrogens is 4. The van der Waals surface area contributed by atoms with Crippen LogP contribution in [0, 0.1) is 0 Å². The van der Waals surface area contributed by atoms with Crippen LogP contribution in [0.5, 0.6) is 0 Å². The lowest BCUT2D eigenvalue weighted by molar-refractivity contribution is -0.184. The number of ether oxygens (including phenoxy) is 1. The van der Waals surface area contributed by atoms with Crippen LogP contribution in [0.25, 0.3) is 11.2 Å². The Hall–Kier alpha value is -3.06. The smallest absolute Gasteiger partial charge is 0.280 e. The summed E-state index contributed by atoms with van der Waals surface area (Å²) < 4.78 is 14.6. The van der Waals surface area contributed by atoms with Gasteiger partial charge in [0.2, 0.25) is 5.95 Å². The highest BCUT2D eigenvalue weighted by atomic mass is 28.4. The second kappa shape index (κ2) is 10.4. The third kappa shape index (κ3) is 5.61. The van der Waals surface area contributed by atoms with Gasteiger partial charge in [-0.05, 0) is 23.7 Å². The van der Waals surface area contributed by atoms with E-state index in [1.807, 2.05) is 30.3 Å². The summed E-state index contributed by atoms with van der Waals surface area (Å²) in [5.74, 6) is -0.0175. The van der Waals surface area contributed by atoms with Crippen molar-refractivity contribution in [3.05, 3.63) is 52.6 Å². The first-order chi connectivity index (χ1) is 17.4. The lowest BCUT2D eigenvalue weighted by Crippen LogP contribution is -2.49. The van der Waals surface area contributed by atoms with E-state index in [1.54, 1.807) is 11.6 Å². The highest BCUT2D eigenvalue weighted by molar-refractivity contribution is 6.74. The zero-order valence-electron chi connectivity index (χ0n) is 22.4. The van der Waals surface area contributed by atoms with Crippen molar-refractivity contribution in [3.63, 3.8) is 0 Å². The van der Waals surface area contributed by atoms with Crippen molar-refractivity contribution in [2.75, 3.05) is 19.5 Å². The minimum atomic E-state index is -2.23. The van der Waals surface area contributed by atoms with Crippen LogP contribution in [0.2, 0.25) is 18.1 Å². The number of anilines is 1. The average molecular weight is 529 g/mol. The fourth-order valence-corrected chi connectivity index (χ4v) is 5.30. The van der Waals surface area contributed by atoms with Crippen molar-refractivity contribution in [3.8, 4) is 0 Å². The first-order valence-electron chi connectivity index (χ1n) is 12.3. The molecule has 0 spiro atoms. The Kier molecular flexibility index (Phi) is 7.56. The predicted molar refractivity (Wildman–Crippen MR) is 142 cm³/mol. The minimum absolute atomic E-state index is 0.0539. The van der Waals surface area contributed by atoms with Gasteiger partial charge in [-0.1, -0.05) is 51.1 Å². The number of hydroxylamine groups is 2. The summed E-state index contributed by atoms with van der Waals surface area (Å²) in [5, 5.41) is 4.26. The van der Waals surface area contributed by atoms with Crippen LogP contribution >= 0.6 is 0 Å². The number of hydrogen-bond donors (Lipinski definition) is 2. The summed E-state index contributed by atoms with van der Waals surface area (Å²) in [6, 6.07) is 9.81. The molecule has 12 heteroatoms. The fraction of sp³-hybridized carbons (Fsp3) is 0.520. The predicted octanol–water partition coefficient (Wildman–Crippen LogP) is 3.43. The zero-order chi connectivity index (χ0) is 27.0. The third-order valence-corrected chi connectivity index (χ3v) is 11.7. The minimum Gasteiger partial charge on any atom is -0.411 e. The standard InChI is InChI=1S/C25H36N6O5Si/c1-25(2,3)37(6,7)36-17-13-18(35-20(17)23(33)30(4)34-5)31-15-27-19-21(31)28-24(29-22(19)32)26-14-16-11-9-8-10-12-16/h8-12,15,17-18,20H,13-14H2,1-7H3,(H2,26,28,29,32)/t17-,18+,20-/m0/s1. The second-order valence-electron chi connectivity index (χ2n) is 10.8. The number of aromatic amines is 1. The van der Waals surface area contributed by atoms with E-state index in [0.29, 0.717) is 24.6 Å². The van der Waals surface area contributed by atoms with Crippen molar-refractivity contribution in [2.24, 2.45) is 0 Å². The van der Waals surface area contributed by atoms with Crippen LogP contribution in [0.4, 0.5) is 5.95 Å². The van der Waals surface area contributed by atoms with E-state index in [0.717, 1.165) is 10.6 Å². The van der Waals surface area contributed by atoms with Crippen LogP contribution in [0.15, 0.2) is 41.5 Å². The van der Waals surface area contributed by atoms with Gasteiger partial charge in [0, 0.05) is 20.0 Å². The summed E-state index contributed by atoms with van der Waals surface area (Å²) >= 11 is 0. The average Bonchev–Trinajstić information content (AvgIpc) is 3.46. The first-order valence-corrected chi connectivity index (χ1v) is 15.2. The van der Waals surface area contributed by atoms with Gasteiger partial charge in [-0.2, -0.15) is 4.98 Å². The molecule has 3 atom stereocenters. The van der Waals surface area contributed by atoms with Gasteiger partial charge >= 0.3 is 0 Å². The van der Waals surface area contributed by atoms with Gasteiger partial charge in [-0.15, -0.1) is 0 Å². The second-order valence-corrected chi connectivity index (χ2v) is 15.5.